The second kappa shape index (κ2) is 5.89. The smallest absolute Gasteiger partial charge is 0.438 e. The molecule has 0 aliphatic rings. The fourth-order valence-corrected chi connectivity index (χ4v) is 0.687. The first kappa shape index (κ1) is 13.3. The Morgan fingerprint density at radius 2 is 1.54 bits per heavy atom. The second-order valence-electron chi connectivity index (χ2n) is 2.21. The number of hydrogen-bond acceptors (Lipinski definition) is 0. The van der Waals surface area contributed by atoms with E-state index in [0.29, 0.717) is 5.56 Å². The molecule has 5 heteroatoms. The Morgan fingerprint density at radius 3 is 2.00 bits per heavy atom. The summed E-state index contributed by atoms with van der Waals surface area (Å²) in [7, 11) is 0. The minimum Gasteiger partial charge on any atom is -0.438 e. The molecule has 0 saturated heterocycles. The molecule has 0 atom stereocenters. The molecule has 0 fully saturated rings. The molecule has 0 amide bonds. The first-order valence-corrected chi connectivity index (χ1v) is 3.35. The van der Waals surface area contributed by atoms with E-state index >= 15 is 0 Å². The van der Waals surface area contributed by atoms with Gasteiger partial charge in [0, 0.05) is 5.56 Å². The van der Waals surface area contributed by atoms with E-state index in [1.807, 2.05) is 5.92 Å². The summed E-state index contributed by atoms with van der Waals surface area (Å²) in [5, 5.41) is 0. The fourth-order valence-electron chi connectivity index (χ4n) is 0.687. The van der Waals surface area contributed by atoms with Crippen molar-refractivity contribution in [2.24, 2.45) is 0 Å². The van der Waals surface area contributed by atoms with Gasteiger partial charge < -0.3 is 12.9 Å². The zero-order valence-electron chi connectivity index (χ0n) is 7.10. The van der Waals surface area contributed by atoms with Gasteiger partial charge in [-0.05, 0) is 12.1 Å². The maximum atomic E-state index is 11.6. The van der Waals surface area contributed by atoms with E-state index in [0.717, 1.165) is 0 Å². The van der Waals surface area contributed by atoms with Crippen LogP contribution < -0.4 is 51.4 Å². The molecule has 1 aromatic carbocycles. The summed E-state index contributed by atoms with van der Waals surface area (Å²) in [6.45, 7) is -4.99. The number of hydrogen-bond donors (Lipinski definition) is 0. The van der Waals surface area contributed by atoms with Gasteiger partial charge in [0.05, 0.1) is 0 Å². The third-order valence-electron chi connectivity index (χ3n) is 1.15. The average molecular weight is 208 g/mol. The second-order valence-corrected chi connectivity index (χ2v) is 2.21. The van der Waals surface area contributed by atoms with Gasteiger partial charge in [-0.3, -0.25) is 0 Å². The normalized spacial score (nSPS) is 9.46. The average Bonchev–Trinajstić information content (AvgIpc) is 2.02. The summed E-state index contributed by atoms with van der Waals surface area (Å²) in [5.41, 5.74) is 0.386. The molecule has 0 aliphatic heterocycles. The zero-order valence-corrected chi connectivity index (χ0v) is 10.2. The molecule has 0 heterocycles. The van der Waals surface area contributed by atoms with E-state index in [1.54, 1.807) is 18.2 Å². The number of rotatable bonds is 0. The van der Waals surface area contributed by atoms with Crippen LogP contribution in [0.3, 0.4) is 0 Å². The standard InChI is InChI=1S/C8H5BF3.K/c10-9(11,12)7-6-8-4-2-1-3-5-8;/h1-5H;/q-1;+1. The molecule has 1 aromatic rings. The predicted molar refractivity (Wildman–Crippen MR) is 42.4 cm³/mol. The molecule has 0 radical (unpaired) electrons. The van der Waals surface area contributed by atoms with E-state index in [1.165, 1.54) is 18.0 Å². The summed E-state index contributed by atoms with van der Waals surface area (Å²) < 4.78 is 34.9. The largest absolute Gasteiger partial charge is 1.00 e. The predicted octanol–water partition coefficient (Wildman–Crippen LogP) is -0.571. The van der Waals surface area contributed by atoms with Crippen LogP contribution in [-0.2, 0) is 0 Å². The van der Waals surface area contributed by atoms with Crippen LogP contribution in [0.5, 0.6) is 0 Å². The molecular formula is C8H5BF3K. The van der Waals surface area contributed by atoms with Gasteiger partial charge in [-0.1, -0.05) is 18.2 Å². The van der Waals surface area contributed by atoms with E-state index < -0.39 is 6.98 Å². The van der Waals surface area contributed by atoms with Crippen molar-refractivity contribution < 1.29 is 64.3 Å². The van der Waals surface area contributed by atoms with Crippen molar-refractivity contribution >= 4 is 6.98 Å². The van der Waals surface area contributed by atoms with Gasteiger partial charge in [-0.2, -0.15) is 5.82 Å². The first-order chi connectivity index (χ1) is 5.58. The van der Waals surface area contributed by atoms with Crippen molar-refractivity contribution in [3.8, 4) is 11.7 Å². The van der Waals surface area contributed by atoms with E-state index in [4.69, 9.17) is 0 Å². The topological polar surface area (TPSA) is 0 Å². The molecule has 0 saturated carbocycles. The first-order valence-electron chi connectivity index (χ1n) is 3.35. The Kier molecular flexibility index (Phi) is 6.01. The Balaban J connectivity index is 0.00000144. The molecule has 0 spiro atoms. The minimum atomic E-state index is -4.99. The molecule has 0 aliphatic carbocycles. The zero-order chi connectivity index (χ0) is 9.03. The van der Waals surface area contributed by atoms with Gasteiger partial charge >= 0.3 is 58.4 Å². The Morgan fingerprint density at radius 1 is 1.00 bits per heavy atom. The van der Waals surface area contributed by atoms with Gasteiger partial charge in [0.2, 0.25) is 0 Å². The Bertz CT molecular complexity index is 310. The molecule has 0 nitrogen and oxygen atoms in total. The van der Waals surface area contributed by atoms with Crippen LogP contribution >= 0.6 is 0 Å². The van der Waals surface area contributed by atoms with Gasteiger partial charge in [0.15, 0.2) is 0 Å². The minimum absolute atomic E-state index is 0. The van der Waals surface area contributed by atoms with Crippen LogP contribution in [0, 0.1) is 11.7 Å². The van der Waals surface area contributed by atoms with Crippen molar-refractivity contribution in [2.75, 3.05) is 0 Å². The van der Waals surface area contributed by atoms with Crippen LogP contribution in [0.15, 0.2) is 30.3 Å². The van der Waals surface area contributed by atoms with Crippen LogP contribution in [0.25, 0.3) is 0 Å². The molecule has 0 unspecified atom stereocenters. The van der Waals surface area contributed by atoms with Crippen molar-refractivity contribution in [2.45, 2.75) is 0 Å². The molecule has 0 aromatic heterocycles. The van der Waals surface area contributed by atoms with Crippen molar-refractivity contribution in [1.82, 2.24) is 0 Å². The maximum absolute atomic E-state index is 11.6. The molecule has 0 bridgehead atoms. The summed E-state index contributed by atoms with van der Waals surface area (Å²) >= 11 is 0. The van der Waals surface area contributed by atoms with Gasteiger partial charge in [0.1, 0.15) is 0 Å². The van der Waals surface area contributed by atoms with Crippen LogP contribution in [0.1, 0.15) is 5.56 Å². The van der Waals surface area contributed by atoms with E-state index in [2.05, 4.69) is 0 Å². The summed E-state index contributed by atoms with van der Waals surface area (Å²) in [4.78, 5) is 0. The third-order valence-corrected chi connectivity index (χ3v) is 1.15. The van der Waals surface area contributed by atoms with Crippen LogP contribution in [-0.4, -0.2) is 6.98 Å². The molecule has 13 heavy (non-hydrogen) atoms. The molecule has 62 valence electrons. The van der Waals surface area contributed by atoms with Crippen molar-refractivity contribution in [1.29, 1.82) is 0 Å². The Hall–Kier alpha value is 0.271. The van der Waals surface area contributed by atoms with Gasteiger partial charge in [-0.25, -0.2) is 0 Å². The molecular weight excluding hydrogens is 203 g/mol. The van der Waals surface area contributed by atoms with Crippen molar-refractivity contribution in [3.05, 3.63) is 35.9 Å². The summed E-state index contributed by atoms with van der Waals surface area (Å²) in [6, 6.07) is 8.09. The van der Waals surface area contributed by atoms with E-state index in [-0.39, 0.29) is 51.4 Å². The Labute approximate surface area is 117 Å². The van der Waals surface area contributed by atoms with Crippen molar-refractivity contribution in [3.63, 3.8) is 0 Å². The summed E-state index contributed by atoms with van der Waals surface area (Å²) in [6.07, 6.45) is 0. The quantitative estimate of drug-likeness (QED) is 0.395. The van der Waals surface area contributed by atoms with Gasteiger partial charge in [0.25, 0.3) is 0 Å². The third kappa shape index (κ3) is 6.36. The monoisotopic (exact) mass is 208 g/mol. The SMILES string of the molecule is F[B-](F)(F)C#Cc1ccccc1.[K+]. The van der Waals surface area contributed by atoms with E-state index in [9.17, 15) is 12.9 Å². The fraction of sp³-hybridized carbons (Fsp3) is 0. The maximum Gasteiger partial charge on any atom is 1.00 e. The molecule has 1 rings (SSSR count). The van der Waals surface area contributed by atoms with Crippen LogP contribution in [0.4, 0.5) is 12.9 Å². The summed E-state index contributed by atoms with van der Waals surface area (Å²) in [5.74, 6) is 3.29. The van der Waals surface area contributed by atoms with Gasteiger partial charge in [-0.15, -0.1) is 5.92 Å². The number of benzene rings is 1. The molecule has 0 N–H and O–H groups in total. The van der Waals surface area contributed by atoms with Crippen LogP contribution in [0.2, 0.25) is 0 Å². The number of halogens is 3.